The highest BCUT2D eigenvalue weighted by molar-refractivity contribution is 5.93. The van der Waals surface area contributed by atoms with Gasteiger partial charge < -0.3 is 4.98 Å². The van der Waals surface area contributed by atoms with Crippen molar-refractivity contribution in [2.45, 2.75) is 13.3 Å². The van der Waals surface area contributed by atoms with Crippen LogP contribution in [0.4, 0.5) is 0 Å². The second-order valence-electron chi connectivity index (χ2n) is 3.94. The van der Waals surface area contributed by atoms with Gasteiger partial charge in [-0.3, -0.25) is 9.59 Å². The van der Waals surface area contributed by atoms with Crippen LogP contribution in [-0.4, -0.2) is 10.8 Å². The summed E-state index contributed by atoms with van der Waals surface area (Å²) in [6.07, 6.45) is 0.661. The average molecular weight is 227 g/mol. The van der Waals surface area contributed by atoms with Crippen LogP contribution >= 0.6 is 0 Å². The fourth-order valence-corrected chi connectivity index (χ4v) is 1.71. The van der Waals surface area contributed by atoms with Gasteiger partial charge in [-0.05, 0) is 24.6 Å². The van der Waals surface area contributed by atoms with E-state index in [4.69, 9.17) is 0 Å². The van der Waals surface area contributed by atoms with Crippen molar-refractivity contribution in [1.82, 2.24) is 4.98 Å². The lowest BCUT2D eigenvalue weighted by atomic mass is 10.1. The second-order valence-corrected chi connectivity index (χ2v) is 3.94. The molecule has 2 aromatic rings. The molecule has 0 aliphatic heterocycles. The number of carbonyl (C=O) groups excluding carboxylic acids is 1. The molecule has 2 rings (SSSR count). The largest absolute Gasteiger partial charge is 0.325 e. The number of nitrogens with one attached hydrogen (secondary N) is 1. The van der Waals surface area contributed by atoms with Crippen molar-refractivity contribution < 1.29 is 4.79 Å². The Kier molecular flexibility index (Phi) is 3.19. The number of H-pyrrole nitrogens is 1. The third-order valence-electron chi connectivity index (χ3n) is 2.59. The zero-order chi connectivity index (χ0) is 12.3. The number of Topliss-reactive ketones (excluding diaryl/α,β-unsaturated/α-hetero) is 1. The monoisotopic (exact) mass is 227 g/mol. The summed E-state index contributed by atoms with van der Waals surface area (Å²) in [5.41, 5.74) is 1.83. The minimum absolute atomic E-state index is 0.210. The normalized spacial score (nSPS) is 10.2. The highest BCUT2D eigenvalue weighted by atomic mass is 16.1. The maximum atomic E-state index is 11.6. The van der Waals surface area contributed by atoms with E-state index in [-0.39, 0.29) is 16.9 Å². The molecule has 3 heteroatoms. The van der Waals surface area contributed by atoms with Crippen molar-refractivity contribution in [1.29, 1.82) is 0 Å². The number of hydrogen-bond acceptors (Lipinski definition) is 2. The Morgan fingerprint density at radius 3 is 2.41 bits per heavy atom. The van der Waals surface area contributed by atoms with Gasteiger partial charge in [0.25, 0.3) is 5.56 Å². The van der Waals surface area contributed by atoms with Crippen LogP contribution in [-0.2, 0) is 6.42 Å². The molecule has 0 amide bonds. The fraction of sp³-hybridized carbons (Fsp3) is 0.143. The molecule has 3 nitrogen and oxygen atoms in total. The van der Waals surface area contributed by atoms with Gasteiger partial charge in [0.2, 0.25) is 0 Å². The van der Waals surface area contributed by atoms with Crippen LogP contribution in [0, 0.1) is 0 Å². The molecule has 0 radical (unpaired) electrons. The maximum Gasteiger partial charge on any atom is 0.259 e. The van der Waals surface area contributed by atoms with Crippen LogP contribution in [0.5, 0.6) is 0 Å². The van der Waals surface area contributed by atoms with Crippen LogP contribution in [0.2, 0.25) is 0 Å². The SMILES string of the molecule is CC(=O)c1ccc(Cc2ccccc2)[nH]c1=O. The summed E-state index contributed by atoms with van der Waals surface area (Å²) in [4.78, 5) is 25.4. The molecule has 1 N–H and O–H groups in total. The van der Waals surface area contributed by atoms with Crippen LogP contribution < -0.4 is 5.56 Å². The van der Waals surface area contributed by atoms with Gasteiger partial charge in [0.1, 0.15) is 0 Å². The Morgan fingerprint density at radius 1 is 1.12 bits per heavy atom. The van der Waals surface area contributed by atoms with E-state index >= 15 is 0 Å². The Balaban J connectivity index is 2.27. The summed E-state index contributed by atoms with van der Waals surface area (Å²) < 4.78 is 0. The van der Waals surface area contributed by atoms with Crippen molar-refractivity contribution in [2.75, 3.05) is 0 Å². The molecule has 0 bridgehead atoms. The van der Waals surface area contributed by atoms with Crippen molar-refractivity contribution >= 4 is 5.78 Å². The van der Waals surface area contributed by atoms with E-state index in [1.165, 1.54) is 6.92 Å². The van der Waals surface area contributed by atoms with Crippen molar-refractivity contribution in [2.24, 2.45) is 0 Å². The lowest BCUT2D eigenvalue weighted by molar-refractivity contribution is 0.101. The molecule has 17 heavy (non-hydrogen) atoms. The summed E-state index contributed by atoms with van der Waals surface area (Å²) >= 11 is 0. The molecule has 1 heterocycles. The number of benzene rings is 1. The first-order valence-corrected chi connectivity index (χ1v) is 5.44. The number of rotatable bonds is 3. The molecule has 0 aliphatic carbocycles. The molecular weight excluding hydrogens is 214 g/mol. The Labute approximate surface area is 99.1 Å². The molecule has 0 saturated heterocycles. The minimum atomic E-state index is -0.314. The number of carbonyl (C=O) groups is 1. The first-order chi connectivity index (χ1) is 8.16. The first-order valence-electron chi connectivity index (χ1n) is 5.44. The van der Waals surface area contributed by atoms with E-state index in [0.717, 1.165) is 11.3 Å². The summed E-state index contributed by atoms with van der Waals surface area (Å²) in [5.74, 6) is -0.211. The van der Waals surface area contributed by atoms with Gasteiger partial charge >= 0.3 is 0 Å². The van der Waals surface area contributed by atoms with E-state index in [0.29, 0.717) is 6.42 Å². The van der Waals surface area contributed by atoms with Crippen molar-refractivity contribution in [3.05, 3.63) is 69.6 Å². The summed E-state index contributed by atoms with van der Waals surface area (Å²) in [6, 6.07) is 13.2. The number of aromatic nitrogens is 1. The third-order valence-corrected chi connectivity index (χ3v) is 2.59. The van der Waals surface area contributed by atoms with Gasteiger partial charge in [0.15, 0.2) is 5.78 Å². The lowest BCUT2D eigenvalue weighted by Crippen LogP contribution is -2.17. The summed E-state index contributed by atoms with van der Waals surface area (Å²) in [7, 11) is 0. The van der Waals surface area contributed by atoms with Gasteiger partial charge in [0.05, 0.1) is 5.56 Å². The topological polar surface area (TPSA) is 49.9 Å². The second kappa shape index (κ2) is 4.78. The molecule has 0 aliphatic rings. The first kappa shape index (κ1) is 11.3. The predicted octanol–water partition coefficient (Wildman–Crippen LogP) is 2.17. The predicted molar refractivity (Wildman–Crippen MR) is 66.3 cm³/mol. The van der Waals surface area contributed by atoms with Gasteiger partial charge in [-0.15, -0.1) is 0 Å². The summed E-state index contributed by atoms with van der Waals surface area (Å²) in [5, 5.41) is 0. The van der Waals surface area contributed by atoms with Gasteiger partial charge in [-0.25, -0.2) is 0 Å². The van der Waals surface area contributed by atoms with Gasteiger partial charge in [-0.1, -0.05) is 30.3 Å². The Morgan fingerprint density at radius 2 is 1.82 bits per heavy atom. The number of pyridine rings is 1. The number of aromatic amines is 1. The van der Waals surface area contributed by atoms with Crippen LogP contribution in [0.3, 0.4) is 0 Å². The molecule has 0 unspecified atom stereocenters. The zero-order valence-electron chi connectivity index (χ0n) is 9.57. The number of ketones is 1. The summed E-state index contributed by atoms with van der Waals surface area (Å²) in [6.45, 7) is 1.39. The van der Waals surface area contributed by atoms with Crippen LogP contribution in [0.1, 0.15) is 28.5 Å². The Bertz CT molecular complexity index is 585. The highest BCUT2D eigenvalue weighted by Gasteiger charge is 2.05. The van der Waals surface area contributed by atoms with E-state index in [2.05, 4.69) is 4.98 Å². The fourth-order valence-electron chi connectivity index (χ4n) is 1.71. The average Bonchev–Trinajstić information content (AvgIpc) is 2.30. The third kappa shape index (κ3) is 2.69. The Hall–Kier alpha value is -2.16. The lowest BCUT2D eigenvalue weighted by Gasteiger charge is -2.02. The highest BCUT2D eigenvalue weighted by Crippen LogP contribution is 2.06. The molecule has 1 aromatic heterocycles. The molecule has 0 saturated carbocycles. The molecule has 0 fully saturated rings. The van der Waals surface area contributed by atoms with Crippen LogP contribution in [0.15, 0.2) is 47.3 Å². The number of hydrogen-bond donors (Lipinski definition) is 1. The van der Waals surface area contributed by atoms with E-state index in [9.17, 15) is 9.59 Å². The van der Waals surface area contributed by atoms with Gasteiger partial charge in [0, 0.05) is 12.1 Å². The van der Waals surface area contributed by atoms with E-state index in [1.807, 2.05) is 30.3 Å². The molecule has 0 atom stereocenters. The zero-order valence-corrected chi connectivity index (χ0v) is 9.57. The maximum absolute atomic E-state index is 11.6. The smallest absolute Gasteiger partial charge is 0.259 e. The van der Waals surface area contributed by atoms with Crippen LogP contribution in [0.25, 0.3) is 0 Å². The molecule has 86 valence electrons. The molecule has 1 aromatic carbocycles. The van der Waals surface area contributed by atoms with E-state index < -0.39 is 0 Å². The quantitative estimate of drug-likeness (QED) is 0.817. The van der Waals surface area contributed by atoms with Gasteiger partial charge in [-0.2, -0.15) is 0 Å². The van der Waals surface area contributed by atoms with E-state index in [1.54, 1.807) is 12.1 Å². The van der Waals surface area contributed by atoms with Crippen molar-refractivity contribution in [3.8, 4) is 0 Å². The molecular formula is C14H13NO2. The minimum Gasteiger partial charge on any atom is -0.325 e. The van der Waals surface area contributed by atoms with Crippen molar-refractivity contribution in [3.63, 3.8) is 0 Å². The standard InChI is InChI=1S/C14H13NO2/c1-10(16)13-8-7-12(15-14(13)17)9-11-5-3-2-4-6-11/h2-8H,9H2,1H3,(H,15,17). The molecule has 0 spiro atoms.